The first-order valence-corrected chi connectivity index (χ1v) is 16.7. The molecular formula is C39H46N4O6. The lowest BCUT2D eigenvalue weighted by Crippen LogP contribution is -2.67. The van der Waals surface area contributed by atoms with Crippen molar-refractivity contribution in [3.63, 3.8) is 0 Å². The van der Waals surface area contributed by atoms with Crippen molar-refractivity contribution < 1.29 is 28.7 Å². The van der Waals surface area contributed by atoms with Gasteiger partial charge in [-0.15, -0.1) is 0 Å². The van der Waals surface area contributed by atoms with Gasteiger partial charge in [0, 0.05) is 36.0 Å². The second kappa shape index (κ2) is 14.2. The number of carbonyl (C=O) groups is 4. The van der Waals surface area contributed by atoms with Crippen LogP contribution in [0.25, 0.3) is 10.9 Å². The molecule has 10 heteroatoms. The normalized spacial score (nSPS) is 19.6. The summed E-state index contributed by atoms with van der Waals surface area (Å²) in [6.45, 7) is 10.3. The summed E-state index contributed by atoms with van der Waals surface area (Å²) in [6.07, 6.45) is 0.516. The van der Waals surface area contributed by atoms with Gasteiger partial charge in [-0.2, -0.15) is 0 Å². The number of likely N-dealkylation sites (tertiary alicyclic amines) is 1. The summed E-state index contributed by atoms with van der Waals surface area (Å²) < 4.78 is 11.6. The van der Waals surface area contributed by atoms with Crippen LogP contribution in [0.4, 0.5) is 4.79 Å². The maximum Gasteiger partial charge on any atom is 0.408 e. The van der Waals surface area contributed by atoms with Crippen molar-refractivity contribution in [2.24, 2.45) is 0 Å². The number of fused-ring (bicyclic) bond motifs is 1. The minimum atomic E-state index is -1.45. The lowest BCUT2D eigenvalue weighted by molar-refractivity contribution is -0.161. The van der Waals surface area contributed by atoms with Crippen LogP contribution in [0.2, 0.25) is 0 Å². The number of benzene rings is 3. The number of aromatic amines is 1. The molecule has 4 aromatic rings. The molecular weight excluding hydrogens is 620 g/mol. The molecule has 3 amide bonds. The lowest BCUT2D eigenvalue weighted by Gasteiger charge is -2.52. The molecule has 0 bridgehead atoms. The Bertz CT molecular complexity index is 1800. The van der Waals surface area contributed by atoms with E-state index in [0.29, 0.717) is 5.56 Å². The molecule has 1 aromatic heterocycles. The van der Waals surface area contributed by atoms with Gasteiger partial charge in [0.25, 0.3) is 0 Å². The Morgan fingerprint density at radius 2 is 1.53 bits per heavy atom. The number of H-pyrrole nitrogens is 1. The number of rotatable bonds is 9. The lowest BCUT2D eigenvalue weighted by atomic mass is 9.61. The SMILES string of the molecule is CCC(=O)N1CCC(C(=O)OCc2ccccc2)(c2ccccc2)C(c2c[nH]c3ccccc23)C1NC(=O)C(C)(C)NC(=O)OC(C)(C)C. The molecule has 49 heavy (non-hydrogen) atoms. The van der Waals surface area contributed by atoms with E-state index in [1.54, 1.807) is 46.4 Å². The van der Waals surface area contributed by atoms with Crippen molar-refractivity contribution in [1.82, 2.24) is 20.5 Å². The van der Waals surface area contributed by atoms with Gasteiger partial charge in [0.2, 0.25) is 11.8 Å². The van der Waals surface area contributed by atoms with E-state index in [1.165, 1.54) is 0 Å². The van der Waals surface area contributed by atoms with Crippen LogP contribution in [0.5, 0.6) is 0 Å². The average molecular weight is 667 g/mol. The molecule has 1 aliphatic heterocycles. The molecule has 1 fully saturated rings. The van der Waals surface area contributed by atoms with E-state index in [1.807, 2.05) is 91.1 Å². The van der Waals surface area contributed by atoms with Crippen molar-refractivity contribution >= 4 is 34.8 Å². The summed E-state index contributed by atoms with van der Waals surface area (Å²) in [6, 6.07) is 26.6. The van der Waals surface area contributed by atoms with Gasteiger partial charge in [-0.1, -0.05) is 85.8 Å². The zero-order valence-electron chi connectivity index (χ0n) is 29.0. The van der Waals surface area contributed by atoms with Gasteiger partial charge in [-0.3, -0.25) is 14.4 Å². The topological polar surface area (TPSA) is 130 Å². The number of aromatic nitrogens is 1. The predicted octanol–water partition coefficient (Wildman–Crippen LogP) is 6.32. The molecule has 3 aromatic carbocycles. The fraction of sp³-hybridized carbons (Fsp3) is 0.385. The molecule has 10 nitrogen and oxygen atoms in total. The first kappa shape index (κ1) is 35.2. The van der Waals surface area contributed by atoms with Crippen LogP contribution in [0.15, 0.2) is 91.1 Å². The summed E-state index contributed by atoms with van der Waals surface area (Å²) in [7, 11) is 0. The first-order chi connectivity index (χ1) is 23.3. The van der Waals surface area contributed by atoms with Crippen LogP contribution in [0.1, 0.15) is 77.0 Å². The van der Waals surface area contributed by atoms with E-state index in [0.717, 1.165) is 22.0 Å². The van der Waals surface area contributed by atoms with Crippen LogP contribution in [0, 0.1) is 0 Å². The van der Waals surface area contributed by atoms with Gasteiger partial charge in [0.1, 0.15) is 29.3 Å². The molecule has 5 rings (SSSR count). The predicted molar refractivity (Wildman–Crippen MR) is 187 cm³/mol. The third-order valence-electron chi connectivity index (χ3n) is 9.03. The number of nitrogens with zero attached hydrogens (tertiary/aromatic N) is 1. The molecule has 2 heterocycles. The second-order valence-electron chi connectivity index (χ2n) is 14.0. The third-order valence-corrected chi connectivity index (χ3v) is 9.03. The molecule has 1 saturated heterocycles. The highest BCUT2D eigenvalue weighted by Crippen LogP contribution is 2.51. The molecule has 1 aliphatic rings. The Morgan fingerprint density at radius 3 is 2.18 bits per heavy atom. The highest BCUT2D eigenvalue weighted by Gasteiger charge is 2.58. The number of hydrogen-bond donors (Lipinski definition) is 3. The summed E-state index contributed by atoms with van der Waals surface area (Å²) >= 11 is 0. The van der Waals surface area contributed by atoms with E-state index in [2.05, 4.69) is 15.6 Å². The van der Waals surface area contributed by atoms with Crippen molar-refractivity contribution in [2.75, 3.05) is 6.54 Å². The van der Waals surface area contributed by atoms with Crippen molar-refractivity contribution in [3.8, 4) is 0 Å². The van der Waals surface area contributed by atoms with Crippen molar-refractivity contribution in [2.45, 2.75) is 89.6 Å². The summed E-state index contributed by atoms with van der Waals surface area (Å²) in [5, 5.41) is 6.65. The first-order valence-electron chi connectivity index (χ1n) is 16.7. The van der Waals surface area contributed by atoms with Gasteiger partial charge < -0.3 is 30.0 Å². The quantitative estimate of drug-likeness (QED) is 0.179. The number of alkyl carbamates (subject to hydrolysis) is 1. The van der Waals surface area contributed by atoms with Crippen molar-refractivity contribution in [1.29, 1.82) is 0 Å². The summed E-state index contributed by atoms with van der Waals surface area (Å²) in [5.41, 5.74) is -0.430. The minimum Gasteiger partial charge on any atom is -0.460 e. The van der Waals surface area contributed by atoms with E-state index in [4.69, 9.17) is 9.47 Å². The standard InChI is InChI=1S/C39H46N4O6/c1-7-31(44)43-23-22-39(27-18-12-9-13-19-27,35(46)48-25-26-16-10-8-11-17-26)32(29-24-40-30-21-15-14-20-28(29)30)33(43)41-34(45)38(5,6)42-36(47)49-37(2,3)4/h8-21,24,32-33,40H,7,22-23,25H2,1-6H3,(H,41,45)(H,42,47). The summed E-state index contributed by atoms with van der Waals surface area (Å²) in [5.74, 6) is -2.01. The van der Waals surface area contributed by atoms with E-state index in [9.17, 15) is 19.2 Å². The van der Waals surface area contributed by atoms with Crippen LogP contribution in [-0.2, 0) is 35.9 Å². The fourth-order valence-electron chi connectivity index (χ4n) is 6.66. The molecule has 258 valence electrons. The van der Waals surface area contributed by atoms with Crippen molar-refractivity contribution in [3.05, 3.63) is 108 Å². The molecule has 3 unspecified atom stereocenters. The number of amides is 3. The minimum absolute atomic E-state index is 0.0519. The Morgan fingerprint density at radius 1 is 0.898 bits per heavy atom. The van der Waals surface area contributed by atoms with Crippen LogP contribution in [0.3, 0.4) is 0 Å². The van der Waals surface area contributed by atoms with Gasteiger partial charge in [0.15, 0.2) is 0 Å². The highest BCUT2D eigenvalue weighted by atomic mass is 16.6. The van der Waals surface area contributed by atoms with Gasteiger partial charge in [-0.25, -0.2) is 4.79 Å². The maximum atomic E-state index is 14.9. The van der Waals surface area contributed by atoms with Crippen LogP contribution in [-0.4, -0.2) is 57.6 Å². The Balaban J connectivity index is 1.67. The Hall–Kier alpha value is -5.12. The highest BCUT2D eigenvalue weighted by molar-refractivity contribution is 5.93. The van der Waals surface area contributed by atoms with Gasteiger partial charge in [-0.05, 0) is 63.8 Å². The van der Waals surface area contributed by atoms with E-state index in [-0.39, 0.29) is 31.9 Å². The number of hydrogen-bond acceptors (Lipinski definition) is 6. The van der Waals surface area contributed by atoms with E-state index >= 15 is 0 Å². The monoisotopic (exact) mass is 666 g/mol. The largest absolute Gasteiger partial charge is 0.460 e. The number of nitrogens with one attached hydrogen (secondary N) is 3. The number of carbonyl (C=O) groups excluding carboxylic acids is 4. The van der Waals surface area contributed by atoms with Gasteiger partial charge in [0.05, 0.1) is 0 Å². The zero-order chi connectivity index (χ0) is 35.4. The molecule has 3 atom stereocenters. The summed E-state index contributed by atoms with van der Waals surface area (Å²) in [4.78, 5) is 60.6. The molecule has 3 N–H and O–H groups in total. The van der Waals surface area contributed by atoms with Crippen LogP contribution < -0.4 is 10.6 Å². The number of esters is 1. The molecule has 0 aliphatic carbocycles. The smallest absolute Gasteiger partial charge is 0.408 e. The molecule has 0 saturated carbocycles. The van der Waals surface area contributed by atoms with Gasteiger partial charge >= 0.3 is 12.1 Å². The maximum absolute atomic E-state index is 14.9. The Labute approximate surface area is 287 Å². The van der Waals surface area contributed by atoms with Crippen LogP contribution >= 0.6 is 0 Å². The number of piperidine rings is 1. The molecule has 0 radical (unpaired) electrons. The Kier molecular flexibility index (Phi) is 10.2. The molecule has 0 spiro atoms. The number of ether oxygens (including phenoxy) is 2. The zero-order valence-corrected chi connectivity index (χ0v) is 29.0. The van der Waals surface area contributed by atoms with E-state index < -0.39 is 46.6 Å². The fourth-order valence-corrected chi connectivity index (χ4v) is 6.66. The average Bonchev–Trinajstić information content (AvgIpc) is 3.50. The second-order valence-corrected chi connectivity index (χ2v) is 14.0. The number of para-hydroxylation sites is 1. The third kappa shape index (κ3) is 7.48.